The number of hydrogen-bond donors (Lipinski definition) is 2. The summed E-state index contributed by atoms with van der Waals surface area (Å²) in [7, 11) is 0. The van der Waals surface area contributed by atoms with Crippen LogP contribution in [0.25, 0.3) is 0 Å². The van der Waals surface area contributed by atoms with E-state index in [0.29, 0.717) is 10.2 Å². The monoisotopic (exact) mass is 300 g/mol. The topological polar surface area (TPSA) is 80.1 Å². The Bertz CT molecular complexity index is 421. The van der Waals surface area contributed by atoms with Crippen LogP contribution in [-0.2, 0) is 0 Å². The minimum Gasteiger partial charge on any atom is -0.376 e. The maximum absolute atomic E-state index is 10.9. The lowest BCUT2D eigenvalue weighted by Gasteiger charge is -2.24. The van der Waals surface area contributed by atoms with E-state index in [-0.39, 0.29) is 11.7 Å². The van der Waals surface area contributed by atoms with Crippen molar-refractivity contribution in [3.63, 3.8) is 0 Å². The fourth-order valence-corrected chi connectivity index (χ4v) is 2.31. The Labute approximate surface area is 107 Å². The molecule has 0 bridgehead atoms. The number of nitrogens with one attached hydrogen (secondary N) is 2. The van der Waals surface area contributed by atoms with E-state index >= 15 is 0 Å². The molecule has 0 amide bonds. The second-order valence-electron chi connectivity index (χ2n) is 3.94. The number of piperidine rings is 1. The van der Waals surface area contributed by atoms with Gasteiger partial charge in [-0.3, -0.25) is 15.1 Å². The number of aromatic nitrogens is 1. The highest BCUT2D eigenvalue weighted by atomic mass is 79.9. The van der Waals surface area contributed by atoms with E-state index in [0.717, 1.165) is 25.9 Å². The fraction of sp³-hybridized carbons (Fsp3) is 0.500. The van der Waals surface area contributed by atoms with E-state index in [1.54, 1.807) is 6.20 Å². The summed E-state index contributed by atoms with van der Waals surface area (Å²) in [6, 6.07) is 0.272. The molecule has 1 aliphatic rings. The van der Waals surface area contributed by atoms with Gasteiger partial charge in [0.25, 0.3) is 0 Å². The first-order valence-corrected chi connectivity index (χ1v) is 6.23. The molecular weight excluding hydrogens is 288 g/mol. The molecule has 7 heteroatoms. The number of hydrogen-bond acceptors (Lipinski definition) is 5. The Hall–Kier alpha value is -1.21. The highest BCUT2D eigenvalue weighted by Crippen LogP contribution is 2.32. The third-order valence-electron chi connectivity index (χ3n) is 2.76. The molecule has 2 rings (SSSR count). The molecule has 1 aromatic heterocycles. The molecule has 0 saturated carbocycles. The molecular formula is C10H13BrN4O2. The first-order valence-electron chi connectivity index (χ1n) is 5.43. The van der Waals surface area contributed by atoms with Crippen molar-refractivity contribution in [2.24, 2.45) is 0 Å². The Morgan fingerprint density at radius 3 is 2.82 bits per heavy atom. The summed E-state index contributed by atoms with van der Waals surface area (Å²) in [5.74, 6) is 0. The Balaban J connectivity index is 2.21. The molecule has 0 aromatic carbocycles. The minimum absolute atomic E-state index is 0.0120. The normalized spacial score (nSPS) is 16.8. The van der Waals surface area contributed by atoms with E-state index in [9.17, 15) is 10.1 Å². The summed E-state index contributed by atoms with van der Waals surface area (Å²) in [5, 5.41) is 17.4. The first kappa shape index (κ1) is 12.3. The molecule has 1 saturated heterocycles. The van der Waals surface area contributed by atoms with Crippen molar-refractivity contribution in [2.75, 3.05) is 18.4 Å². The third-order valence-corrected chi connectivity index (χ3v) is 3.37. The molecule has 92 valence electrons. The fourth-order valence-electron chi connectivity index (χ4n) is 1.88. The standard InChI is InChI=1S/C10H13BrN4O2/c11-8-5-13-6-9(15(16)17)10(8)14-7-1-3-12-4-2-7/h5-7,12H,1-4H2,(H,13,14). The van der Waals surface area contributed by atoms with Gasteiger partial charge in [-0.1, -0.05) is 0 Å². The number of nitro groups is 1. The summed E-state index contributed by atoms with van der Waals surface area (Å²) < 4.78 is 0.630. The third kappa shape index (κ3) is 2.92. The summed E-state index contributed by atoms with van der Waals surface area (Å²) in [6.07, 6.45) is 4.77. The van der Waals surface area contributed by atoms with Crippen molar-refractivity contribution in [1.29, 1.82) is 0 Å². The van der Waals surface area contributed by atoms with E-state index in [4.69, 9.17) is 0 Å². The highest BCUT2D eigenvalue weighted by molar-refractivity contribution is 9.10. The van der Waals surface area contributed by atoms with Crippen LogP contribution in [0.1, 0.15) is 12.8 Å². The Morgan fingerprint density at radius 1 is 1.47 bits per heavy atom. The SMILES string of the molecule is O=[N+]([O-])c1cncc(Br)c1NC1CCNCC1. The predicted octanol–water partition coefficient (Wildman–Crippen LogP) is 1.92. The Morgan fingerprint density at radius 2 is 2.18 bits per heavy atom. The maximum Gasteiger partial charge on any atom is 0.311 e. The quantitative estimate of drug-likeness (QED) is 0.658. The van der Waals surface area contributed by atoms with Crippen LogP contribution < -0.4 is 10.6 Å². The van der Waals surface area contributed by atoms with E-state index < -0.39 is 4.92 Å². The molecule has 1 aromatic rings. The summed E-state index contributed by atoms with van der Waals surface area (Å²) >= 11 is 3.30. The van der Waals surface area contributed by atoms with Crippen LogP contribution in [0, 0.1) is 10.1 Å². The van der Waals surface area contributed by atoms with Crippen LogP contribution in [0.3, 0.4) is 0 Å². The van der Waals surface area contributed by atoms with Gasteiger partial charge in [0, 0.05) is 12.2 Å². The van der Waals surface area contributed by atoms with Gasteiger partial charge in [0.1, 0.15) is 11.9 Å². The zero-order chi connectivity index (χ0) is 12.3. The minimum atomic E-state index is -0.416. The largest absolute Gasteiger partial charge is 0.376 e. The number of anilines is 1. The van der Waals surface area contributed by atoms with Crippen molar-refractivity contribution >= 4 is 27.3 Å². The molecule has 0 atom stereocenters. The summed E-state index contributed by atoms with van der Waals surface area (Å²) in [6.45, 7) is 1.88. The predicted molar refractivity (Wildman–Crippen MR) is 68.1 cm³/mol. The molecule has 2 heterocycles. The molecule has 2 N–H and O–H groups in total. The van der Waals surface area contributed by atoms with E-state index in [1.165, 1.54) is 6.20 Å². The molecule has 1 aliphatic heterocycles. The zero-order valence-electron chi connectivity index (χ0n) is 9.15. The number of halogens is 1. The zero-order valence-corrected chi connectivity index (χ0v) is 10.7. The van der Waals surface area contributed by atoms with Crippen LogP contribution >= 0.6 is 15.9 Å². The second-order valence-corrected chi connectivity index (χ2v) is 4.80. The maximum atomic E-state index is 10.9. The van der Waals surface area contributed by atoms with Crippen LogP contribution in [-0.4, -0.2) is 29.0 Å². The molecule has 0 spiro atoms. The van der Waals surface area contributed by atoms with Gasteiger partial charge >= 0.3 is 5.69 Å². The van der Waals surface area contributed by atoms with Gasteiger partial charge < -0.3 is 10.6 Å². The van der Waals surface area contributed by atoms with Gasteiger partial charge in [0.05, 0.1) is 9.40 Å². The molecule has 0 unspecified atom stereocenters. The lowest BCUT2D eigenvalue weighted by atomic mass is 10.1. The van der Waals surface area contributed by atoms with Gasteiger partial charge in [-0.15, -0.1) is 0 Å². The average Bonchev–Trinajstić information content (AvgIpc) is 2.33. The van der Waals surface area contributed by atoms with Gasteiger partial charge in [-0.05, 0) is 41.9 Å². The average molecular weight is 301 g/mol. The number of pyridine rings is 1. The highest BCUT2D eigenvalue weighted by Gasteiger charge is 2.21. The van der Waals surface area contributed by atoms with Crippen LogP contribution in [0.5, 0.6) is 0 Å². The van der Waals surface area contributed by atoms with Crippen LogP contribution in [0.15, 0.2) is 16.9 Å². The van der Waals surface area contributed by atoms with Crippen LogP contribution in [0.4, 0.5) is 11.4 Å². The van der Waals surface area contributed by atoms with Crippen molar-refractivity contribution in [3.05, 3.63) is 27.0 Å². The van der Waals surface area contributed by atoms with Crippen molar-refractivity contribution < 1.29 is 4.92 Å². The first-order chi connectivity index (χ1) is 8.18. The molecule has 1 fully saturated rings. The molecule has 0 aliphatic carbocycles. The Kier molecular flexibility index (Phi) is 3.90. The number of rotatable bonds is 3. The summed E-state index contributed by atoms with van der Waals surface area (Å²) in [4.78, 5) is 14.3. The van der Waals surface area contributed by atoms with Gasteiger partial charge in [-0.2, -0.15) is 0 Å². The second kappa shape index (κ2) is 5.42. The summed E-state index contributed by atoms with van der Waals surface area (Å²) in [5.41, 5.74) is 0.537. The van der Waals surface area contributed by atoms with Crippen molar-refractivity contribution in [1.82, 2.24) is 10.3 Å². The molecule has 6 nitrogen and oxygen atoms in total. The van der Waals surface area contributed by atoms with Gasteiger partial charge in [-0.25, -0.2) is 0 Å². The van der Waals surface area contributed by atoms with E-state index in [2.05, 4.69) is 31.5 Å². The van der Waals surface area contributed by atoms with Crippen molar-refractivity contribution in [2.45, 2.75) is 18.9 Å². The van der Waals surface area contributed by atoms with Gasteiger partial charge in [0.2, 0.25) is 0 Å². The molecule has 17 heavy (non-hydrogen) atoms. The smallest absolute Gasteiger partial charge is 0.311 e. The molecule has 0 radical (unpaired) electrons. The van der Waals surface area contributed by atoms with Crippen molar-refractivity contribution in [3.8, 4) is 0 Å². The lowest BCUT2D eigenvalue weighted by molar-refractivity contribution is -0.384. The lowest BCUT2D eigenvalue weighted by Crippen LogP contribution is -2.35. The van der Waals surface area contributed by atoms with Crippen LogP contribution in [0.2, 0.25) is 0 Å². The number of nitrogens with zero attached hydrogens (tertiary/aromatic N) is 2. The van der Waals surface area contributed by atoms with Gasteiger partial charge in [0.15, 0.2) is 0 Å². The van der Waals surface area contributed by atoms with E-state index in [1.807, 2.05) is 0 Å².